The van der Waals surface area contributed by atoms with Crippen molar-refractivity contribution in [3.8, 4) is 5.75 Å². The SMILES string of the molecule is CCCCC(C)C(NC)c1c(OC)cnn1C. The summed E-state index contributed by atoms with van der Waals surface area (Å²) in [5.41, 5.74) is 1.14. The van der Waals surface area contributed by atoms with Gasteiger partial charge in [-0.25, -0.2) is 0 Å². The third-order valence-corrected chi connectivity index (χ3v) is 3.36. The van der Waals surface area contributed by atoms with Crippen LogP contribution in [0, 0.1) is 5.92 Å². The number of methoxy groups -OCH3 is 1. The number of ether oxygens (including phenoxy) is 1. The summed E-state index contributed by atoms with van der Waals surface area (Å²) in [5.74, 6) is 1.44. The molecule has 0 aliphatic carbocycles. The van der Waals surface area contributed by atoms with E-state index >= 15 is 0 Å². The monoisotopic (exact) mass is 239 g/mol. The van der Waals surface area contributed by atoms with Gasteiger partial charge in [-0.15, -0.1) is 0 Å². The topological polar surface area (TPSA) is 39.1 Å². The molecule has 17 heavy (non-hydrogen) atoms. The summed E-state index contributed by atoms with van der Waals surface area (Å²) < 4.78 is 7.29. The zero-order valence-electron chi connectivity index (χ0n) is 11.7. The molecule has 98 valence electrons. The second-order valence-corrected chi connectivity index (χ2v) is 4.61. The summed E-state index contributed by atoms with van der Waals surface area (Å²) in [7, 11) is 5.66. The van der Waals surface area contributed by atoms with E-state index in [1.807, 2.05) is 18.8 Å². The molecule has 0 fully saturated rings. The predicted molar refractivity (Wildman–Crippen MR) is 70.2 cm³/mol. The Morgan fingerprint density at radius 1 is 1.53 bits per heavy atom. The number of hydrogen-bond donors (Lipinski definition) is 1. The Morgan fingerprint density at radius 3 is 2.76 bits per heavy atom. The first kappa shape index (κ1) is 14.0. The van der Waals surface area contributed by atoms with Gasteiger partial charge in [0.1, 0.15) is 0 Å². The first-order valence-electron chi connectivity index (χ1n) is 6.38. The summed E-state index contributed by atoms with van der Waals surface area (Å²) in [6, 6.07) is 0.295. The van der Waals surface area contributed by atoms with Crippen LogP contribution in [0.1, 0.15) is 44.8 Å². The van der Waals surface area contributed by atoms with Crippen LogP contribution in [0.4, 0.5) is 0 Å². The van der Waals surface area contributed by atoms with E-state index in [9.17, 15) is 0 Å². The van der Waals surface area contributed by atoms with Crippen molar-refractivity contribution in [2.24, 2.45) is 13.0 Å². The Labute approximate surface area is 104 Å². The van der Waals surface area contributed by atoms with Gasteiger partial charge in [0.15, 0.2) is 5.75 Å². The number of nitrogens with zero attached hydrogens (tertiary/aromatic N) is 2. The van der Waals surface area contributed by atoms with E-state index < -0.39 is 0 Å². The van der Waals surface area contributed by atoms with Gasteiger partial charge in [0, 0.05) is 7.05 Å². The van der Waals surface area contributed by atoms with Crippen molar-refractivity contribution in [2.45, 2.75) is 39.2 Å². The highest BCUT2D eigenvalue weighted by atomic mass is 16.5. The van der Waals surface area contributed by atoms with Crippen LogP contribution in [0.25, 0.3) is 0 Å². The normalized spacial score (nSPS) is 14.6. The van der Waals surface area contributed by atoms with Gasteiger partial charge in [-0.3, -0.25) is 4.68 Å². The maximum Gasteiger partial charge on any atom is 0.161 e. The molecule has 0 spiro atoms. The average Bonchev–Trinajstić information content (AvgIpc) is 2.69. The Hall–Kier alpha value is -1.03. The van der Waals surface area contributed by atoms with Crippen LogP contribution < -0.4 is 10.1 Å². The molecule has 1 heterocycles. The van der Waals surface area contributed by atoms with Gasteiger partial charge in [0.05, 0.1) is 25.0 Å². The Kier molecular flexibility index (Phi) is 5.48. The maximum absolute atomic E-state index is 5.38. The fraction of sp³-hybridized carbons (Fsp3) is 0.769. The van der Waals surface area contributed by atoms with Crippen molar-refractivity contribution in [3.05, 3.63) is 11.9 Å². The smallest absolute Gasteiger partial charge is 0.161 e. The van der Waals surface area contributed by atoms with Gasteiger partial charge in [-0.1, -0.05) is 26.7 Å². The van der Waals surface area contributed by atoms with Crippen LogP contribution in [0.5, 0.6) is 5.75 Å². The zero-order chi connectivity index (χ0) is 12.8. The molecule has 2 atom stereocenters. The van der Waals surface area contributed by atoms with Gasteiger partial charge >= 0.3 is 0 Å². The maximum atomic E-state index is 5.38. The molecule has 2 unspecified atom stereocenters. The summed E-state index contributed by atoms with van der Waals surface area (Å²) in [5, 5.41) is 7.66. The van der Waals surface area contributed by atoms with Crippen molar-refractivity contribution < 1.29 is 4.74 Å². The molecule has 0 aromatic carbocycles. The molecule has 0 amide bonds. The van der Waals surface area contributed by atoms with Crippen molar-refractivity contribution in [1.29, 1.82) is 0 Å². The molecular formula is C13H25N3O. The van der Waals surface area contributed by atoms with Crippen LogP contribution in [0.2, 0.25) is 0 Å². The van der Waals surface area contributed by atoms with E-state index in [4.69, 9.17) is 4.74 Å². The lowest BCUT2D eigenvalue weighted by atomic mass is 9.93. The molecule has 4 heteroatoms. The Morgan fingerprint density at radius 2 is 2.24 bits per heavy atom. The van der Waals surface area contributed by atoms with Crippen molar-refractivity contribution >= 4 is 0 Å². The Bertz CT molecular complexity index is 335. The molecule has 0 bridgehead atoms. The summed E-state index contributed by atoms with van der Waals surface area (Å²) in [4.78, 5) is 0. The second kappa shape index (κ2) is 6.64. The lowest BCUT2D eigenvalue weighted by Gasteiger charge is -2.24. The molecular weight excluding hydrogens is 214 g/mol. The number of nitrogens with one attached hydrogen (secondary N) is 1. The Balaban J connectivity index is 2.88. The summed E-state index contributed by atoms with van der Waals surface area (Å²) in [6.07, 6.45) is 5.51. The molecule has 0 saturated carbocycles. The molecule has 1 aromatic heterocycles. The minimum atomic E-state index is 0.295. The quantitative estimate of drug-likeness (QED) is 0.794. The number of hydrogen-bond acceptors (Lipinski definition) is 3. The third-order valence-electron chi connectivity index (χ3n) is 3.36. The number of aromatic nitrogens is 2. The van der Waals surface area contributed by atoms with Crippen LogP contribution in [-0.2, 0) is 7.05 Å². The van der Waals surface area contributed by atoms with Crippen molar-refractivity contribution in [3.63, 3.8) is 0 Å². The molecule has 0 aliphatic heterocycles. The molecule has 1 N–H and O–H groups in total. The summed E-state index contributed by atoms with van der Waals surface area (Å²) in [6.45, 7) is 4.51. The highest BCUT2D eigenvalue weighted by Gasteiger charge is 2.24. The molecule has 1 rings (SSSR count). The van der Waals surface area contributed by atoms with E-state index in [-0.39, 0.29) is 0 Å². The van der Waals surface area contributed by atoms with Crippen molar-refractivity contribution in [2.75, 3.05) is 14.2 Å². The lowest BCUT2D eigenvalue weighted by molar-refractivity contribution is 0.339. The van der Waals surface area contributed by atoms with E-state index in [2.05, 4.69) is 24.3 Å². The number of aryl methyl sites for hydroxylation is 1. The lowest BCUT2D eigenvalue weighted by Crippen LogP contribution is -2.26. The standard InChI is InChI=1S/C13H25N3O/c1-6-7-8-10(2)12(14-3)13-11(17-5)9-15-16(13)4/h9-10,12,14H,6-8H2,1-5H3. The minimum absolute atomic E-state index is 0.295. The van der Waals surface area contributed by atoms with E-state index in [0.29, 0.717) is 12.0 Å². The van der Waals surface area contributed by atoms with Crippen LogP contribution >= 0.6 is 0 Å². The fourth-order valence-electron chi connectivity index (χ4n) is 2.32. The van der Waals surface area contributed by atoms with Crippen LogP contribution in [0.15, 0.2) is 6.20 Å². The molecule has 0 aliphatic rings. The zero-order valence-corrected chi connectivity index (χ0v) is 11.7. The van der Waals surface area contributed by atoms with Crippen LogP contribution in [-0.4, -0.2) is 23.9 Å². The average molecular weight is 239 g/mol. The van der Waals surface area contributed by atoms with Crippen LogP contribution in [0.3, 0.4) is 0 Å². The minimum Gasteiger partial charge on any atom is -0.493 e. The molecule has 1 aromatic rings. The van der Waals surface area contributed by atoms with Crippen molar-refractivity contribution in [1.82, 2.24) is 15.1 Å². The van der Waals surface area contributed by atoms with Gasteiger partial charge in [-0.2, -0.15) is 5.10 Å². The number of unbranched alkanes of at least 4 members (excludes halogenated alkanes) is 1. The van der Waals surface area contributed by atoms with Gasteiger partial charge in [-0.05, 0) is 19.4 Å². The largest absolute Gasteiger partial charge is 0.493 e. The van der Waals surface area contributed by atoms with E-state index in [1.54, 1.807) is 13.3 Å². The van der Waals surface area contributed by atoms with E-state index in [0.717, 1.165) is 11.4 Å². The molecule has 0 saturated heterocycles. The third kappa shape index (κ3) is 3.22. The fourth-order valence-corrected chi connectivity index (χ4v) is 2.32. The van der Waals surface area contributed by atoms with E-state index in [1.165, 1.54) is 19.3 Å². The highest BCUT2D eigenvalue weighted by molar-refractivity contribution is 5.28. The van der Waals surface area contributed by atoms with Gasteiger partial charge in [0.25, 0.3) is 0 Å². The predicted octanol–water partition coefficient (Wildman–Crippen LogP) is 2.52. The first-order chi connectivity index (χ1) is 8.15. The second-order valence-electron chi connectivity index (χ2n) is 4.61. The van der Waals surface area contributed by atoms with Gasteiger partial charge in [0.2, 0.25) is 0 Å². The molecule has 4 nitrogen and oxygen atoms in total. The highest BCUT2D eigenvalue weighted by Crippen LogP contribution is 2.31. The van der Waals surface area contributed by atoms with Gasteiger partial charge < -0.3 is 10.1 Å². The number of rotatable bonds is 7. The molecule has 0 radical (unpaired) electrons. The first-order valence-corrected chi connectivity index (χ1v) is 6.38. The summed E-state index contributed by atoms with van der Waals surface area (Å²) >= 11 is 0.